The molecule has 0 radical (unpaired) electrons. The van der Waals surface area contributed by atoms with E-state index in [9.17, 15) is 0 Å². The van der Waals surface area contributed by atoms with Gasteiger partial charge in [-0.3, -0.25) is 0 Å². The van der Waals surface area contributed by atoms with Crippen LogP contribution in [0.3, 0.4) is 0 Å². The molecule has 2 fully saturated rings. The highest BCUT2D eigenvalue weighted by Gasteiger charge is 2.37. The zero-order valence-corrected chi connectivity index (χ0v) is 7.40. The molecule has 2 aliphatic carbocycles. The lowest BCUT2D eigenvalue weighted by Crippen LogP contribution is -2.34. The van der Waals surface area contributed by atoms with Crippen LogP contribution in [0.25, 0.3) is 0 Å². The van der Waals surface area contributed by atoms with E-state index in [-0.39, 0.29) is 0 Å². The average Bonchev–Trinajstić information content (AvgIpc) is 1.97. The molecule has 0 bridgehead atoms. The van der Waals surface area contributed by atoms with Crippen LogP contribution in [0.2, 0.25) is 0 Å². The van der Waals surface area contributed by atoms with Crippen molar-refractivity contribution in [2.24, 2.45) is 11.8 Å². The van der Waals surface area contributed by atoms with Gasteiger partial charge in [0.05, 0.1) is 0 Å². The summed E-state index contributed by atoms with van der Waals surface area (Å²) in [5, 5.41) is 0. The van der Waals surface area contributed by atoms with Gasteiger partial charge in [-0.05, 0) is 37.5 Å². The molecule has 0 heterocycles. The molecule has 0 heteroatoms. The fourth-order valence-corrected chi connectivity index (χ4v) is 1.56. The summed E-state index contributed by atoms with van der Waals surface area (Å²) in [6.07, 6.45) is 8.88. The Balaban J connectivity index is 0.000000112. The van der Waals surface area contributed by atoms with Crippen molar-refractivity contribution in [3.63, 3.8) is 0 Å². The Morgan fingerprint density at radius 2 is 1.10 bits per heavy atom. The minimum atomic E-state index is 1.21. The number of fused-ring (bicyclic) bond motifs is 1. The lowest BCUT2D eigenvalue weighted by Gasteiger charge is -2.46. The van der Waals surface area contributed by atoms with Gasteiger partial charge in [0.25, 0.3) is 0 Å². The largest absolute Gasteiger partial charge is 0.0654 e. The number of rotatable bonds is 1. The first-order valence-electron chi connectivity index (χ1n) is 4.88. The summed E-state index contributed by atoms with van der Waals surface area (Å²) in [6, 6.07) is 0. The highest BCUT2D eigenvalue weighted by Crippen LogP contribution is 2.49. The zero-order chi connectivity index (χ0) is 7.40. The van der Waals surface area contributed by atoms with E-state index >= 15 is 0 Å². The van der Waals surface area contributed by atoms with Crippen molar-refractivity contribution in [3.05, 3.63) is 0 Å². The first kappa shape index (κ1) is 8.10. The molecule has 2 aliphatic rings. The van der Waals surface area contributed by atoms with Gasteiger partial charge >= 0.3 is 0 Å². The van der Waals surface area contributed by atoms with Crippen molar-refractivity contribution in [1.82, 2.24) is 0 Å². The lowest BCUT2D eigenvalue weighted by molar-refractivity contribution is 0.0548. The summed E-state index contributed by atoms with van der Waals surface area (Å²) < 4.78 is 0. The third-order valence-electron chi connectivity index (χ3n) is 2.98. The summed E-state index contributed by atoms with van der Waals surface area (Å²) in [5.74, 6) is 2.43. The van der Waals surface area contributed by atoms with Crippen molar-refractivity contribution in [1.29, 1.82) is 0 Å². The van der Waals surface area contributed by atoms with Gasteiger partial charge < -0.3 is 0 Å². The Kier molecular flexibility index (Phi) is 3.24. The Morgan fingerprint density at radius 1 is 0.800 bits per heavy atom. The molecule has 60 valence electrons. The molecule has 0 aromatic heterocycles. The number of hydrogen-bond acceptors (Lipinski definition) is 0. The molecule has 0 aromatic carbocycles. The van der Waals surface area contributed by atoms with Crippen molar-refractivity contribution < 1.29 is 0 Å². The van der Waals surface area contributed by atoms with E-state index in [1.807, 2.05) is 0 Å². The van der Waals surface area contributed by atoms with E-state index in [0.717, 1.165) is 0 Å². The van der Waals surface area contributed by atoms with Gasteiger partial charge in [-0.15, -0.1) is 0 Å². The zero-order valence-electron chi connectivity index (χ0n) is 7.40. The predicted molar refractivity (Wildman–Crippen MR) is 46.0 cm³/mol. The van der Waals surface area contributed by atoms with Gasteiger partial charge in [0, 0.05) is 0 Å². The van der Waals surface area contributed by atoms with Gasteiger partial charge in [-0.1, -0.05) is 26.7 Å². The molecule has 0 spiro atoms. The van der Waals surface area contributed by atoms with Crippen LogP contribution < -0.4 is 0 Å². The van der Waals surface area contributed by atoms with Crippen LogP contribution in [-0.2, 0) is 0 Å². The van der Waals surface area contributed by atoms with Gasteiger partial charge in [0.15, 0.2) is 0 Å². The summed E-state index contributed by atoms with van der Waals surface area (Å²) in [4.78, 5) is 0. The van der Waals surface area contributed by atoms with Crippen LogP contribution >= 0.6 is 0 Å². The monoisotopic (exact) mass is 140 g/mol. The SMILES string of the molecule is C1CC2CCC12.CCCC. The number of unbranched alkanes of at least 4 members (excludes halogenated alkanes) is 1. The molecule has 0 aliphatic heterocycles. The molecule has 0 atom stereocenters. The maximum atomic E-state index is 2.18. The second-order valence-corrected chi connectivity index (χ2v) is 3.67. The Hall–Kier alpha value is 0. The quantitative estimate of drug-likeness (QED) is 0.522. The molecule has 0 nitrogen and oxygen atoms in total. The third kappa shape index (κ3) is 1.74. The van der Waals surface area contributed by atoms with E-state index in [4.69, 9.17) is 0 Å². The fraction of sp³-hybridized carbons (Fsp3) is 1.00. The van der Waals surface area contributed by atoms with Crippen molar-refractivity contribution in [2.45, 2.75) is 52.4 Å². The standard InChI is InChI=1S/C6H10.C4H10/c1-2-6-4-3-5(1)6;1-3-4-2/h5-6H,1-4H2;3-4H2,1-2H3. The van der Waals surface area contributed by atoms with E-state index in [0.29, 0.717) is 0 Å². The molecule has 2 rings (SSSR count). The Bertz CT molecular complexity index is 66.0. The predicted octanol–water partition coefficient (Wildman–Crippen LogP) is 3.61. The van der Waals surface area contributed by atoms with Gasteiger partial charge in [-0.25, -0.2) is 0 Å². The number of hydrogen-bond donors (Lipinski definition) is 0. The maximum Gasteiger partial charge on any atom is -0.0386 e. The molecule has 0 amide bonds. The molecular formula is C10H20. The van der Waals surface area contributed by atoms with Crippen LogP contribution in [0.1, 0.15) is 52.4 Å². The van der Waals surface area contributed by atoms with E-state index in [2.05, 4.69) is 13.8 Å². The summed E-state index contributed by atoms with van der Waals surface area (Å²) in [6.45, 7) is 4.36. The molecule has 0 N–H and O–H groups in total. The smallest absolute Gasteiger partial charge is 0.0386 e. The van der Waals surface area contributed by atoms with Crippen molar-refractivity contribution in [2.75, 3.05) is 0 Å². The molecule has 2 saturated carbocycles. The first-order valence-corrected chi connectivity index (χ1v) is 4.88. The van der Waals surface area contributed by atoms with Gasteiger partial charge in [0.2, 0.25) is 0 Å². The summed E-state index contributed by atoms with van der Waals surface area (Å²) >= 11 is 0. The molecular weight excluding hydrogens is 120 g/mol. The van der Waals surface area contributed by atoms with Gasteiger partial charge in [0.1, 0.15) is 0 Å². The van der Waals surface area contributed by atoms with E-state index in [1.165, 1.54) is 24.7 Å². The average molecular weight is 140 g/mol. The van der Waals surface area contributed by atoms with Crippen LogP contribution in [0.5, 0.6) is 0 Å². The normalized spacial score (nSPS) is 34.2. The maximum absolute atomic E-state index is 2.18. The summed E-state index contributed by atoms with van der Waals surface area (Å²) in [7, 11) is 0. The second-order valence-electron chi connectivity index (χ2n) is 3.67. The van der Waals surface area contributed by atoms with Crippen molar-refractivity contribution >= 4 is 0 Å². The van der Waals surface area contributed by atoms with E-state index in [1.54, 1.807) is 25.7 Å². The first-order chi connectivity index (χ1) is 4.88. The van der Waals surface area contributed by atoms with E-state index < -0.39 is 0 Å². The molecule has 10 heavy (non-hydrogen) atoms. The minimum Gasteiger partial charge on any atom is -0.0654 e. The highest BCUT2D eigenvalue weighted by atomic mass is 14.4. The molecule has 0 unspecified atom stereocenters. The molecule has 0 saturated heterocycles. The fourth-order valence-electron chi connectivity index (χ4n) is 1.56. The second kappa shape index (κ2) is 4.00. The van der Waals surface area contributed by atoms with Crippen molar-refractivity contribution in [3.8, 4) is 0 Å². The topological polar surface area (TPSA) is 0 Å². The minimum absolute atomic E-state index is 1.21. The lowest BCUT2D eigenvalue weighted by atomic mass is 9.60. The Labute approximate surface area is 65.0 Å². The third-order valence-corrected chi connectivity index (χ3v) is 2.98. The highest BCUT2D eigenvalue weighted by molar-refractivity contribution is 4.89. The van der Waals surface area contributed by atoms with Crippen LogP contribution in [0, 0.1) is 11.8 Å². The molecule has 0 aromatic rings. The van der Waals surface area contributed by atoms with Crippen LogP contribution in [0.4, 0.5) is 0 Å². The van der Waals surface area contributed by atoms with Crippen LogP contribution in [0.15, 0.2) is 0 Å². The van der Waals surface area contributed by atoms with Gasteiger partial charge in [-0.2, -0.15) is 0 Å². The van der Waals surface area contributed by atoms with Crippen LogP contribution in [-0.4, -0.2) is 0 Å². The Morgan fingerprint density at radius 3 is 1.10 bits per heavy atom. The summed E-state index contributed by atoms with van der Waals surface area (Å²) in [5.41, 5.74) is 0.